The lowest BCUT2D eigenvalue weighted by atomic mass is 10.1. The van der Waals surface area contributed by atoms with Crippen LogP contribution in [0.5, 0.6) is 0 Å². The number of esters is 2. The topological polar surface area (TPSA) is 102 Å². The van der Waals surface area contributed by atoms with Gasteiger partial charge in [-0.2, -0.15) is 0 Å². The fourth-order valence-corrected chi connectivity index (χ4v) is 4.73. The van der Waals surface area contributed by atoms with Gasteiger partial charge < -0.3 is 28.6 Å². The van der Waals surface area contributed by atoms with Crippen LogP contribution in [0.3, 0.4) is 0 Å². The Morgan fingerprint density at radius 2 is 1.24 bits per heavy atom. The lowest BCUT2D eigenvalue weighted by Crippen LogP contribution is -2.55. The van der Waals surface area contributed by atoms with Crippen molar-refractivity contribution in [2.24, 2.45) is 0 Å². The van der Waals surface area contributed by atoms with E-state index >= 15 is 0 Å². The van der Waals surface area contributed by atoms with Gasteiger partial charge in [0.05, 0.1) is 40.3 Å². The van der Waals surface area contributed by atoms with Crippen LogP contribution in [-0.4, -0.2) is 75.5 Å². The molecular formula is C34H63NO7. The lowest BCUT2D eigenvalue weighted by molar-refractivity contribution is -0.889. The van der Waals surface area contributed by atoms with Crippen molar-refractivity contribution >= 4 is 17.9 Å². The summed E-state index contributed by atoms with van der Waals surface area (Å²) in [5.74, 6) is -1.80. The largest absolute Gasteiger partial charge is 0.544 e. The monoisotopic (exact) mass is 597 g/mol. The summed E-state index contributed by atoms with van der Waals surface area (Å²) in [5.41, 5.74) is 0. The number of allylic oxidation sites excluding steroid dienone is 2. The smallest absolute Gasteiger partial charge is 0.306 e. The van der Waals surface area contributed by atoms with Crippen molar-refractivity contribution in [1.82, 2.24) is 0 Å². The minimum absolute atomic E-state index is 0.0292. The standard InChI is InChI=1S/C34H63NO7/c1-6-8-10-12-14-16-17-19-20-22-24-32(36)41-29-30(28-40-27-26-31(34(38)39)35(3,4)5)42-33(37)25-23-21-18-15-13-11-9-7-2/h18,21,30-31H,6-17,19-20,22-29H2,1-5H3/b21-18+. The maximum atomic E-state index is 12.5. The predicted octanol–water partition coefficient (Wildman–Crippen LogP) is 6.29. The first-order valence-corrected chi connectivity index (χ1v) is 16.7. The van der Waals surface area contributed by atoms with E-state index in [4.69, 9.17) is 14.2 Å². The van der Waals surface area contributed by atoms with Gasteiger partial charge >= 0.3 is 11.9 Å². The molecule has 0 aliphatic carbocycles. The zero-order valence-corrected chi connectivity index (χ0v) is 27.7. The number of carbonyl (C=O) groups is 3. The number of hydrogen-bond donors (Lipinski definition) is 0. The Labute approximate surface area is 257 Å². The molecule has 0 aromatic heterocycles. The molecule has 0 rings (SSSR count). The van der Waals surface area contributed by atoms with Gasteiger partial charge in [-0.05, 0) is 25.7 Å². The maximum Gasteiger partial charge on any atom is 0.306 e. The molecule has 0 aliphatic heterocycles. The molecular weight excluding hydrogens is 534 g/mol. The quantitative estimate of drug-likeness (QED) is 0.0432. The van der Waals surface area contributed by atoms with Gasteiger partial charge in [-0.15, -0.1) is 0 Å². The van der Waals surface area contributed by atoms with Crippen molar-refractivity contribution in [1.29, 1.82) is 0 Å². The second-order valence-corrected chi connectivity index (χ2v) is 12.4. The minimum atomic E-state index is -1.13. The number of ether oxygens (including phenoxy) is 3. The molecule has 0 aliphatic rings. The van der Waals surface area contributed by atoms with E-state index < -0.39 is 18.1 Å². The number of likely N-dealkylation sites (N-methyl/N-ethyl adjacent to an activating group) is 1. The average molecular weight is 598 g/mol. The van der Waals surface area contributed by atoms with E-state index in [1.54, 1.807) is 21.1 Å². The fourth-order valence-electron chi connectivity index (χ4n) is 4.73. The molecule has 0 saturated carbocycles. The molecule has 0 aromatic carbocycles. The lowest BCUT2D eigenvalue weighted by Gasteiger charge is -2.34. The van der Waals surface area contributed by atoms with Gasteiger partial charge in [0.15, 0.2) is 6.10 Å². The summed E-state index contributed by atoms with van der Waals surface area (Å²) < 4.78 is 16.9. The third-order valence-electron chi connectivity index (χ3n) is 7.42. The van der Waals surface area contributed by atoms with Gasteiger partial charge in [-0.3, -0.25) is 9.59 Å². The van der Waals surface area contributed by atoms with E-state index in [-0.39, 0.29) is 49.1 Å². The molecule has 0 heterocycles. The number of hydrogen-bond acceptors (Lipinski definition) is 7. The highest BCUT2D eigenvalue weighted by atomic mass is 16.6. The van der Waals surface area contributed by atoms with Crippen LogP contribution in [0.1, 0.15) is 136 Å². The Hall–Kier alpha value is -1.93. The molecule has 8 heteroatoms. The summed E-state index contributed by atoms with van der Waals surface area (Å²) in [6, 6.07) is -0.723. The molecule has 8 nitrogen and oxygen atoms in total. The van der Waals surface area contributed by atoms with Gasteiger partial charge in [0.25, 0.3) is 0 Å². The molecule has 2 atom stereocenters. The van der Waals surface area contributed by atoms with Crippen LogP contribution in [0.15, 0.2) is 12.2 Å². The van der Waals surface area contributed by atoms with E-state index in [1.165, 1.54) is 64.2 Å². The molecule has 0 aromatic rings. The van der Waals surface area contributed by atoms with Crippen LogP contribution in [0.4, 0.5) is 0 Å². The fraction of sp³-hybridized carbons (Fsp3) is 0.853. The molecule has 246 valence electrons. The number of carbonyl (C=O) groups excluding carboxylic acids is 3. The summed E-state index contributed by atoms with van der Waals surface area (Å²) in [7, 11) is 5.37. The Morgan fingerprint density at radius 1 is 0.690 bits per heavy atom. The first-order chi connectivity index (χ1) is 20.1. The number of aliphatic carboxylic acids is 1. The first-order valence-electron chi connectivity index (χ1n) is 16.7. The highest BCUT2D eigenvalue weighted by molar-refractivity contribution is 5.70. The van der Waals surface area contributed by atoms with Crippen molar-refractivity contribution < 1.29 is 38.2 Å². The van der Waals surface area contributed by atoms with E-state index in [0.29, 0.717) is 12.8 Å². The molecule has 0 bridgehead atoms. The number of carboxylic acids is 1. The molecule has 0 N–H and O–H groups in total. The number of rotatable bonds is 29. The van der Waals surface area contributed by atoms with Gasteiger partial charge in [0.2, 0.25) is 0 Å². The van der Waals surface area contributed by atoms with Crippen LogP contribution in [0.25, 0.3) is 0 Å². The SMILES string of the molecule is CCCCCC/C=C/CCC(=O)OC(COCCC(C(=O)[O-])[N+](C)(C)C)COC(=O)CCCCCCCCCCCC. The van der Waals surface area contributed by atoms with Crippen LogP contribution in [0, 0.1) is 0 Å². The molecule has 42 heavy (non-hydrogen) atoms. The zero-order chi connectivity index (χ0) is 31.5. The molecule has 2 unspecified atom stereocenters. The van der Waals surface area contributed by atoms with E-state index in [2.05, 4.69) is 19.9 Å². The van der Waals surface area contributed by atoms with Crippen molar-refractivity contribution in [3.63, 3.8) is 0 Å². The van der Waals surface area contributed by atoms with Crippen molar-refractivity contribution in [2.45, 2.75) is 148 Å². The van der Waals surface area contributed by atoms with Gasteiger partial charge in [0.1, 0.15) is 12.6 Å². The average Bonchev–Trinajstić information content (AvgIpc) is 2.92. The third-order valence-corrected chi connectivity index (χ3v) is 7.42. The molecule has 0 saturated heterocycles. The van der Waals surface area contributed by atoms with Gasteiger partial charge in [-0.1, -0.05) is 103 Å². The Bertz CT molecular complexity index is 717. The Morgan fingerprint density at radius 3 is 1.81 bits per heavy atom. The molecule has 0 spiro atoms. The summed E-state index contributed by atoms with van der Waals surface area (Å²) in [5, 5.41) is 11.5. The number of unbranched alkanes of at least 4 members (excludes halogenated alkanes) is 13. The Balaban J connectivity index is 4.52. The summed E-state index contributed by atoms with van der Waals surface area (Å²) in [4.78, 5) is 36.3. The minimum Gasteiger partial charge on any atom is -0.544 e. The molecule has 0 amide bonds. The van der Waals surface area contributed by atoms with Crippen molar-refractivity contribution in [2.75, 3.05) is 41.0 Å². The Kier molecular flexibility index (Phi) is 25.5. The maximum absolute atomic E-state index is 12.5. The highest BCUT2D eigenvalue weighted by Crippen LogP contribution is 2.12. The van der Waals surface area contributed by atoms with Gasteiger partial charge in [-0.25, -0.2) is 0 Å². The third kappa shape index (κ3) is 24.6. The van der Waals surface area contributed by atoms with E-state index in [0.717, 1.165) is 32.1 Å². The van der Waals surface area contributed by atoms with Crippen LogP contribution in [-0.2, 0) is 28.6 Å². The molecule has 0 fully saturated rings. The van der Waals surface area contributed by atoms with Crippen molar-refractivity contribution in [3.8, 4) is 0 Å². The predicted molar refractivity (Wildman–Crippen MR) is 167 cm³/mol. The summed E-state index contributed by atoms with van der Waals surface area (Å²) >= 11 is 0. The second-order valence-electron chi connectivity index (χ2n) is 12.4. The number of carboxylic acid groups (broad SMARTS) is 1. The van der Waals surface area contributed by atoms with E-state index in [1.807, 2.05) is 6.08 Å². The number of nitrogens with zero attached hydrogens (tertiary/aromatic N) is 1. The van der Waals surface area contributed by atoms with Gasteiger partial charge in [0, 0.05) is 19.3 Å². The van der Waals surface area contributed by atoms with Crippen LogP contribution in [0.2, 0.25) is 0 Å². The summed E-state index contributed by atoms with van der Waals surface area (Å²) in [6.07, 6.45) is 22.6. The van der Waals surface area contributed by atoms with E-state index in [9.17, 15) is 19.5 Å². The van der Waals surface area contributed by atoms with Crippen LogP contribution >= 0.6 is 0 Å². The summed E-state index contributed by atoms with van der Waals surface area (Å²) in [6.45, 7) is 4.54. The zero-order valence-electron chi connectivity index (χ0n) is 27.7. The normalized spacial score (nSPS) is 13.3. The highest BCUT2D eigenvalue weighted by Gasteiger charge is 2.25. The van der Waals surface area contributed by atoms with Crippen molar-refractivity contribution in [3.05, 3.63) is 12.2 Å². The first kappa shape index (κ1) is 40.1. The van der Waals surface area contributed by atoms with Crippen LogP contribution < -0.4 is 5.11 Å². The second kappa shape index (κ2) is 26.7. The number of quaternary nitrogens is 1. The molecule has 0 radical (unpaired) electrons.